The molecule has 1 spiro atoms. The van der Waals surface area contributed by atoms with E-state index in [4.69, 9.17) is 4.74 Å². The van der Waals surface area contributed by atoms with Crippen LogP contribution in [-0.2, 0) is 16.0 Å². The van der Waals surface area contributed by atoms with Crippen molar-refractivity contribution in [3.63, 3.8) is 0 Å². The van der Waals surface area contributed by atoms with Crippen LogP contribution in [0.3, 0.4) is 0 Å². The zero-order chi connectivity index (χ0) is 14.0. The molecular weight excluding hydrogens is 257 g/mol. The number of nitrogens with one attached hydrogen (secondary N) is 1. The average molecular weight is 277 g/mol. The summed E-state index contributed by atoms with van der Waals surface area (Å²) >= 11 is 0. The third-order valence-corrected chi connectivity index (χ3v) is 4.77. The van der Waals surface area contributed by atoms with Crippen molar-refractivity contribution in [1.82, 2.24) is 5.32 Å². The maximum Gasteiger partial charge on any atom is 0.224 e. The number of rotatable bonds is 3. The number of amides is 1. The van der Waals surface area contributed by atoms with Gasteiger partial charge in [-0.15, -0.1) is 0 Å². The summed E-state index contributed by atoms with van der Waals surface area (Å²) in [5, 5.41) is 3.15. The van der Waals surface area contributed by atoms with Crippen molar-refractivity contribution < 1.29 is 13.9 Å². The Bertz CT molecular complexity index is 480. The zero-order valence-electron chi connectivity index (χ0n) is 11.5. The van der Waals surface area contributed by atoms with Gasteiger partial charge in [-0.1, -0.05) is 12.1 Å². The molecule has 1 aromatic rings. The second kappa shape index (κ2) is 5.52. The van der Waals surface area contributed by atoms with Gasteiger partial charge in [0.1, 0.15) is 5.82 Å². The Morgan fingerprint density at radius 2 is 1.95 bits per heavy atom. The van der Waals surface area contributed by atoms with Gasteiger partial charge in [0, 0.05) is 19.3 Å². The first-order valence-electron chi connectivity index (χ1n) is 7.30. The van der Waals surface area contributed by atoms with Crippen molar-refractivity contribution in [1.29, 1.82) is 0 Å². The van der Waals surface area contributed by atoms with Gasteiger partial charge in [0.25, 0.3) is 0 Å². The molecule has 1 heterocycles. The molecule has 20 heavy (non-hydrogen) atoms. The monoisotopic (exact) mass is 277 g/mol. The molecule has 0 radical (unpaired) electrons. The molecule has 1 saturated carbocycles. The van der Waals surface area contributed by atoms with Crippen LogP contribution in [0.25, 0.3) is 0 Å². The van der Waals surface area contributed by atoms with Gasteiger partial charge in [-0.2, -0.15) is 0 Å². The molecule has 0 bridgehead atoms. The summed E-state index contributed by atoms with van der Waals surface area (Å²) in [5.74, 6) is -0.235. The Balaban J connectivity index is 1.55. The van der Waals surface area contributed by atoms with Crippen molar-refractivity contribution in [2.75, 3.05) is 13.2 Å². The van der Waals surface area contributed by atoms with Gasteiger partial charge in [0.05, 0.1) is 6.42 Å². The lowest BCUT2D eigenvalue weighted by Crippen LogP contribution is -2.57. The van der Waals surface area contributed by atoms with Gasteiger partial charge in [-0.25, -0.2) is 4.39 Å². The van der Waals surface area contributed by atoms with Crippen LogP contribution in [0.4, 0.5) is 4.39 Å². The van der Waals surface area contributed by atoms with Crippen LogP contribution in [0.2, 0.25) is 0 Å². The van der Waals surface area contributed by atoms with Crippen LogP contribution >= 0.6 is 0 Å². The molecule has 1 amide bonds. The van der Waals surface area contributed by atoms with E-state index in [0.29, 0.717) is 12.5 Å². The Morgan fingerprint density at radius 1 is 1.25 bits per heavy atom. The van der Waals surface area contributed by atoms with Crippen molar-refractivity contribution >= 4 is 5.91 Å². The molecule has 1 unspecified atom stereocenters. The summed E-state index contributed by atoms with van der Waals surface area (Å²) in [4.78, 5) is 12.1. The van der Waals surface area contributed by atoms with Gasteiger partial charge in [-0.05, 0) is 48.8 Å². The maximum atomic E-state index is 12.8. The van der Waals surface area contributed by atoms with E-state index in [1.807, 2.05) is 0 Å². The van der Waals surface area contributed by atoms with Gasteiger partial charge in [0.15, 0.2) is 0 Å². The molecule has 1 saturated heterocycles. The molecule has 4 heteroatoms. The van der Waals surface area contributed by atoms with E-state index < -0.39 is 0 Å². The summed E-state index contributed by atoms with van der Waals surface area (Å²) < 4.78 is 18.2. The zero-order valence-corrected chi connectivity index (χ0v) is 11.5. The standard InChI is InChI=1S/C16H20FNO2/c17-13-3-1-12(2-4-13)11-15(19)18-14-5-6-16(14)7-9-20-10-8-16/h1-4,14H,5-11H2,(H,18,19). The minimum atomic E-state index is -0.269. The first-order valence-corrected chi connectivity index (χ1v) is 7.30. The van der Waals surface area contributed by atoms with Crippen LogP contribution in [0.5, 0.6) is 0 Å². The third-order valence-electron chi connectivity index (χ3n) is 4.77. The van der Waals surface area contributed by atoms with E-state index in [9.17, 15) is 9.18 Å². The molecule has 1 aromatic carbocycles. The number of halogens is 1. The first kappa shape index (κ1) is 13.6. The molecular formula is C16H20FNO2. The van der Waals surface area contributed by atoms with Crippen LogP contribution < -0.4 is 5.32 Å². The molecule has 2 fully saturated rings. The van der Waals surface area contributed by atoms with E-state index in [-0.39, 0.29) is 17.1 Å². The molecule has 2 aliphatic rings. The number of carbonyl (C=O) groups is 1. The number of benzene rings is 1. The SMILES string of the molecule is O=C(Cc1ccc(F)cc1)NC1CCC12CCOCC2. The summed E-state index contributed by atoms with van der Waals surface area (Å²) in [7, 11) is 0. The highest BCUT2D eigenvalue weighted by molar-refractivity contribution is 5.79. The Labute approximate surface area is 118 Å². The summed E-state index contributed by atoms with van der Waals surface area (Å²) in [6.45, 7) is 1.62. The van der Waals surface area contributed by atoms with Crippen molar-refractivity contribution in [2.24, 2.45) is 5.41 Å². The predicted octanol–water partition coefficient (Wildman–Crippen LogP) is 2.44. The topological polar surface area (TPSA) is 38.3 Å². The van der Waals surface area contributed by atoms with Gasteiger partial charge in [0.2, 0.25) is 5.91 Å². The quantitative estimate of drug-likeness (QED) is 0.921. The lowest BCUT2D eigenvalue weighted by Gasteiger charge is -2.52. The number of carbonyl (C=O) groups excluding carboxylic acids is 1. The predicted molar refractivity (Wildman–Crippen MR) is 73.8 cm³/mol. The van der Waals surface area contributed by atoms with Gasteiger partial charge >= 0.3 is 0 Å². The Hall–Kier alpha value is -1.42. The second-order valence-electron chi connectivity index (χ2n) is 5.94. The van der Waals surface area contributed by atoms with Crippen molar-refractivity contribution in [3.8, 4) is 0 Å². The summed E-state index contributed by atoms with van der Waals surface area (Å²) in [6, 6.07) is 6.41. The normalized spacial score (nSPS) is 24.1. The maximum absolute atomic E-state index is 12.8. The number of hydrogen-bond donors (Lipinski definition) is 1. The van der Waals surface area contributed by atoms with E-state index in [2.05, 4.69) is 5.32 Å². The fourth-order valence-corrected chi connectivity index (χ4v) is 3.33. The lowest BCUT2D eigenvalue weighted by atomic mass is 9.60. The summed E-state index contributed by atoms with van der Waals surface area (Å²) in [5.41, 5.74) is 1.13. The molecule has 0 aromatic heterocycles. The van der Waals surface area contributed by atoms with Crippen LogP contribution in [0.1, 0.15) is 31.2 Å². The van der Waals surface area contributed by atoms with E-state index in [0.717, 1.165) is 38.0 Å². The van der Waals surface area contributed by atoms with E-state index in [1.165, 1.54) is 18.6 Å². The molecule has 3 nitrogen and oxygen atoms in total. The fourth-order valence-electron chi connectivity index (χ4n) is 3.33. The van der Waals surface area contributed by atoms with Gasteiger partial charge in [-0.3, -0.25) is 4.79 Å². The first-order chi connectivity index (χ1) is 9.68. The van der Waals surface area contributed by atoms with Crippen LogP contribution in [0, 0.1) is 11.2 Å². The second-order valence-corrected chi connectivity index (χ2v) is 5.94. The largest absolute Gasteiger partial charge is 0.381 e. The Kier molecular flexibility index (Phi) is 3.74. The number of ether oxygens (including phenoxy) is 1. The highest BCUT2D eigenvalue weighted by atomic mass is 19.1. The third kappa shape index (κ3) is 2.70. The lowest BCUT2D eigenvalue weighted by molar-refractivity contribution is -0.126. The van der Waals surface area contributed by atoms with Crippen molar-refractivity contribution in [2.45, 2.75) is 38.1 Å². The molecule has 1 atom stereocenters. The van der Waals surface area contributed by atoms with Gasteiger partial charge < -0.3 is 10.1 Å². The minimum absolute atomic E-state index is 0.0344. The molecule has 108 valence electrons. The minimum Gasteiger partial charge on any atom is -0.381 e. The van der Waals surface area contributed by atoms with Crippen LogP contribution in [-0.4, -0.2) is 25.2 Å². The number of hydrogen-bond acceptors (Lipinski definition) is 2. The highest BCUT2D eigenvalue weighted by Gasteiger charge is 2.47. The average Bonchev–Trinajstić information content (AvgIpc) is 2.47. The highest BCUT2D eigenvalue weighted by Crippen LogP contribution is 2.48. The Morgan fingerprint density at radius 3 is 2.55 bits per heavy atom. The van der Waals surface area contributed by atoms with E-state index in [1.54, 1.807) is 12.1 Å². The molecule has 1 aliphatic carbocycles. The smallest absolute Gasteiger partial charge is 0.224 e. The van der Waals surface area contributed by atoms with Crippen molar-refractivity contribution in [3.05, 3.63) is 35.6 Å². The van der Waals surface area contributed by atoms with E-state index >= 15 is 0 Å². The summed E-state index contributed by atoms with van der Waals surface area (Å²) in [6.07, 6.45) is 4.68. The molecule has 3 rings (SSSR count). The molecule has 1 N–H and O–H groups in total. The fraction of sp³-hybridized carbons (Fsp3) is 0.562. The molecule has 1 aliphatic heterocycles. The van der Waals surface area contributed by atoms with Crippen LogP contribution in [0.15, 0.2) is 24.3 Å².